The SMILES string of the molecule is CCc1ccc(NC(C)=O)cc1NC(=O)c1cc2cccc(Cl)c2[nH]1. The molecule has 0 fully saturated rings. The lowest BCUT2D eigenvalue weighted by Gasteiger charge is -2.12. The highest BCUT2D eigenvalue weighted by molar-refractivity contribution is 6.35. The second-order valence-corrected chi connectivity index (χ2v) is 6.16. The minimum atomic E-state index is -0.262. The van der Waals surface area contributed by atoms with Crippen LogP contribution in [0.1, 0.15) is 29.9 Å². The van der Waals surface area contributed by atoms with Gasteiger partial charge in [0.2, 0.25) is 5.91 Å². The van der Waals surface area contributed by atoms with E-state index in [0.29, 0.717) is 22.1 Å². The Hall–Kier alpha value is -2.79. The molecular formula is C19H18ClN3O2. The third-order valence-corrected chi connectivity index (χ3v) is 4.22. The average molecular weight is 356 g/mol. The summed E-state index contributed by atoms with van der Waals surface area (Å²) in [6.07, 6.45) is 0.758. The molecule has 3 N–H and O–H groups in total. The van der Waals surface area contributed by atoms with Gasteiger partial charge in [-0.1, -0.05) is 36.7 Å². The third kappa shape index (κ3) is 3.67. The molecule has 2 aromatic carbocycles. The maximum absolute atomic E-state index is 12.6. The number of aromatic amines is 1. The number of amides is 2. The van der Waals surface area contributed by atoms with E-state index in [1.807, 2.05) is 31.2 Å². The molecule has 2 amide bonds. The lowest BCUT2D eigenvalue weighted by Crippen LogP contribution is -2.14. The van der Waals surface area contributed by atoms with Crippen LogP contribution in [0.25, 0.3) is 10.9 Å². The quantitative estimate of drug-likeness (QED) is 0.640. The van der Waals surface area contributed by atoms with Crippen molar-refractivity contribution in [3.8, 4) is 0 Å². The first-order valence-corrected chi connectivity index (χ1v) is 8.35. The van der Waals surface area contributed by atoms with Gasteiger partial charge in [0, 0.05) is 23.7 Å². The van der Waals surface area contributed by atoms with Crippen molar-refractivity contribution < 1.29 is 9.59 Å². The maximum atomic E-state index is 12.6. The summed E-state index contributed by atoms with van der Waals surface area (Å²) in [7, 11) is 0. The number of hydrogen-bond donors (Lipinski definition) is 3. The van der Waals surface area contributed by atoms with Gasteiger partial charge in [-0.2, -0.15) is 0 Å². The number of aromatic nitrogens is 1. The van der Waals surface area contributed by atoms with Crippen molar-refractivity contribution in [1.82, 2.24) is 4.98 Å². The standard InChI is InChI=1S/C19H18ClN3O2/c1-3-12-7-8-14(21-11(2)24)10-16(12)23-19(25)17-9-13-5-4-6-15(20)18(13)22-17/h4-10,22H,3H2,1-2H3,(H,21,24)(H,23,25). The first-order valence-electron chi connectivity index (χ1n) is 7.97. The van der Waals surface area contributed by atoms with Crippen molar-refractivity contribution >= 4 is 45.7 Å². The Morgan fingerprint density at radius 3 is 2.60 bits per heavy atom. The molecule has 5 nitrogen and oxygen atoms in total. The fraction of sp³-hybridized carbons (Fsp3) is 0.158. The summed E-state index contributed by atoms with van der Waals surface area (Å²) in [5.41, 5.74) is 3.45. The van der Waals surface area contributed by atoms with E-state index in [-0.39, 0.29) is 11.8 Å². The minimum absolute atomic E-state index is 0.160. The molecule has 128 valence electrons. The number of para-hydroxylation sites is 1. The van der Waals surface area contributed by atoms with Gasteiger partial charge in [0.1, 0.15) is 5.69 Å². The monoisotopic (exact) mass is 355 g/mol. The Balaban J connectivity index is 1.90. The molecule has 0 saturated heterocycles. The van der Waals surface area contributed by atoms with E-state index in [9.17, 15) is 9.59 Å². The Labute approximate surface area is 150 Å². The van der Waals surface area contributed by atoms with Crippen LogP contribution in [0.15, 0.2) is 42.5 Å². The number of halogens is 1. The van der Waals surface area contributed by atoms with E-state index in [4.69, 9.17) is 11.6 Å². The van der Waals surface area contributed by atoms with Gasteiger partial charge in [-0.15, -0.1) is 0 Å². The number of aryl methyl sites for hydroxylation is 1. The predicted molar refractivity (Wildman–Crippen MR) is 101 cm³/mol. The highest BCUT2D eigenvalue weighted by atomic mass is 35.5. The van der Waals surface area contributed by atoms with Gasteiger partial charge in [-0.05, 0) is 36.2 Å². The van der Waals surface area contributed by atoms with Crippen molar-refractivity contribution in [1.29, 1.82) is 0 Å². The molecule has 3 rings (SSSR count). The molecule has 1 heterocycles. The van der Waals surface area contributed by atoms with Crippen LogP contribution in [-0.4, -0.2) is 16.8 Å². The number of rotatable bonds is 4. The highest BCUT2D eigenvalue weighted by Crippen LogP contribution is 2.25. The molecule has 0 aliphatic rings. The van der Waals surface area contributed by atoms with Gasteiger partial charge in [0.05, 0.1) is 10.5 Å². The topological polar surface area (TPSA) is 74.0 Å². The van der Waals surface area contributed by atoms with Crippen LogP contribution in [0.5, 0.6) is 0 Å². The van der Waals surface area contributed by atoms with Crippen LogP contribution in [0.4, 0.5) is 11.4 Å². The predicted octanol–water partition coefficient (Wildman–Crippen LogP) is 4.59. The summed E-state index contributed by atoms with van der Waals surface area (Å²) in [5, 5.41) is 7.07. The van der Waals surface area contributed by atoms with Gasteiger partial charge in [-0.3, -0.25) is 9.59 Å². The fourth-order valence-corrected chi connectivity index (χ4v) is 2.94. The smallest absolute Gasteiger partial charge is 0.272 e. The van der Waals surface area contributed by atoms with E-state index in [1.165, 1.54) is 6.92 Å². The largest absolute Gasteiger partial charge is 0.349 e. The van der Waals surface area contributed by atoms with E-state index < -0.39 is 0 Å². The van der Waals surface area contributed by atoms with Crippen LogP contribution < -0.4 is 10.6 Å². The molecule has 0 bridgehead atoms. The van der Waals surface area contributed by atoms with Gasteiger partial charge < -0.3 is 15.6 Å². The maximum Gasteiger partial charge on any atom is 0.272 e. The van der Waals surface area contributed by atoms with Gasteiger partial charge in [0.25, 0.3) is 5.91 Å². The lowest BCUT2D eigenvalue weighted by atomic mass is 10.1. The second kappa shape index (κ2) is 6.99. The Kier molecular flexibility index (Phi) is 4.76. The molecule has 0 unspecified atom stereocenters. The molecule has 25 heavy (non-hydrogen) atoms. The van der Waals surface area contributed by atoms with Gasteiger partial charge in [0.15, 0.2) is 0 Å². The molecule has 0 saturated carbocycles. The van der Waals surface area contributed by atoms with E-state index in [1.54, 1.807) is 18.2 Å². The van der Waals surface area contributed by atoms with Crippen molar-refractivity contribution in [3.63, 3.8) is 0 Å². The third-order valence-electron chi connectivity index (χ3n) is 3.91. The zero-order valence-corrected chi connectivity index (χ0v) is 14.7. The zero-order valence-electron chi connectivity index (χ0n) is 13.9. The number of hydrogen-bond acceptors (Lipinski definition) is 2. The number of carbonyl (C=O) groups excluding carboxylic acids is 2. The van der Waals surface area contributed by atoms with Crippen LogP contribution in [0.2, 0.25) is 5.02 Å². The molecule has 3 aromatic rings. The van der Waals surface area contributed by atoms with Crippen molar-refractivity contribution in [2.45, 2.75) is 20.3 Å². The lowest BCUT2D eigenvalue weighted by molar-refractivity contribution is -0.114. The van der Waals surface area contributed by atoms with Crippen molar-refractivity contribution in [2.75, 3.05) is 10.6 Å². The van der Waals surface area contributed by atoms with Crippen LogP contribution in [-0.2, 0) is 11.2 Å². The first kappa shape index (κ1) is 17.0. The summed E-state index contributed by atoms with van der Waals surface area (Å²) in [4.78, 5) is 26.9. The van der Waals surface area contributed by atoms with Crippen molar-refractivity contribution in [3.05, 3.63) is 58.7 Å². The minimum Gasteiger partial charge on any atom is -0.349 e. The zero-order chi connectivity index (χ0) is 18.0. The van der Waals surface area contributed by atoms with E-state index >= 15 is 0 Å². The molecule has 0 aliphatic carbocycles. The summed E-state index contributed by atoms with van der Waals surface area (Å²) in [6.45, 7) is 3.45. The number of H-pyrrole nitrogens is 1. The number of nitrogens with one attached hydrogen (secondary N) is 3. The van der Waals surface area contributed by atoms with Crippen molar-refractivity contribution in [2.24, 2.45) is 0 Å². The number of carbonyl (C=O) groups is 2. The molecule has 0 aliphatic heterocycles. The van der Waals surface area contributed by atoms with Gasteiger partial charge >= 0.3 is 0 Å². The Morgan fingerprint density at radius 1 is 1.12 bits per heavy atom. The number of anilines is 2. The Bertz CT molecular complexity index is 962. The van der Waals surface area contributed by atoms with E-state index in [2.05, 4.69) is 15.6 Å². The summed E-state index contributed by atoms with van der Waals surface area (Å²) in [5.74, 6) is -0.422. The van der Waals surface area contributed by atoms with Crippen LogP contribution in [0, 0.1) is 0 Å². The van der Waals surface area contributed by atoms with Gasteiger partial charge in [-0.25, -0.2) is 0 Å². The fourth-order valence-electron chi connectivity index (χ4n) is 2.71. The van der Waals surface area contributed by atoms with Crippen LogP contribution in [0.3, 0.4) is 0 Å². The Morgan fingerprint density at radius 2 is 1.92 bits per heavy atom. The van der Waals surface area contributed by atoms with Crippen LogP contribution >= 0.6 is 11.6 Å². The summed E-state index contributed by atoms with van der Waals surface area (Å²) < 4.78 is 0. The summed E-state index contributed by atoms with van der Waals surface area (Å²) >= 11 is 6.15. The highest BCUT2D eigenvalue weighted by Gasteiger charge is 2.13. The average Bonchev–Trinajstić information content (AvgIpc) is 3.00. The normalized spacial score (nSPS) is 10.7. The summed E-state index contributed by atoms with van der Waals surface area (Å²) in [6, 6.07) is 12.7. The molecular weight excluding hydrogens is 338 g/mol. The molecule has 6 heteroatoms. The molecule has 0 radical (unpaired) electrons. The molecule has 0 spiro atoms. The number of benzene rings is 2. The van der Waals surface area contributed by atoms with E-state index in [0.717, 1.165) is 22.9 Å². The molecule has 1 aromatic heterocycles. The number of fused-ring (bicyclic) bond motifs is 1. The molecule has 0 atom stereocenters. The second-order valence-electron chi connectivity index (χ2n) is 5.75. The first-order chi connectivity index (χ1) is 12.0.